The van der Waals surface area contributed by atoms with Crippen LogP contribution in [-0.2, 0) is 16.3 Å². The molecule has 41 heavy (non-hydrogen) atoms. The molecule has 1 unspecified atom stereocenters. The number of alkyl halides is 3. The van der Waals surface area contributed by atoms with Gasteiger partial charge >= 0.3 is 16.3 Å². The largest absolute Gasteiger partial charge is 0.493 e. The molecule has 0 amide bonds. The molecule has 3 aromatic carbocycles. The van der Waals surface area contributed by atoms with Crippen molar-refractivity contribution >= 4 is 10.1 Å². The number of rotatable bonds is 5. The third-order valence-corrected chi connectivity index (χ3v) is 7.54. The Hall–Kier alpha value is -4.14. The number of halogens is 8. The van der Waals surface area contributed by atoms with Crippen LogP contribution in [0.1, 0.15) is 34.9 Å². The fraction of sp³-hybridized carbons (Fsp3) is 0.192. The van der Waals surface area contributed by atoms with Gasteiger partial charge in [0, 0.05) is 30.0 Å². The van der Waals surface area contributed by atoms with E-state index in [0.717, 1.165) is 24.3 Å². The van der Waals surface area contributed by atoms with Crippen molar-refractivity contribution in [3.63, 3.8) is 0 Å². The molecule has 2 heterocycles. The summed E-state index contributed by atoms with van der Waals surface area (Å²) in [5.74, 6) is -14.8. The lowest BCUT2D eigenvalue weighted by molar-refractivity contribution is -0.137. The molecule has 5 rings (SSSR count). The average Bonchev–Trinajstić information content (AvgIpc) is 3.37. The number of aromatic nitrogens is 1. The maximum atomic E-state index is 14.0. The normalized spacial score (nSPS) is 15.4. The number of ether oxygens (including phenoxy) is 1. The van der Waals surface area contributed by atoms with Gasteiger partial charge in [0.15, 0.2) is 5.89 Å². The Labute approximate surface area is 226 Å². The van der Waals surface area contributed by atoms with Crippen LogP contribution in [-0.4, -0.2) is 20.0 Å². The summed E-state index contributed by atoms with van der Waals surface area (Å²) < 4.78 is 149. The van der Waals surface area contributed by atoms with Crippen molar-refractivity contribution in [2.45, 2.75) is 30.3 Å². The first-order valence-electron chi connectivity index (χ1n) is 11.6. The topological polar surface area (TPSA) is 78.6 Å². The van der Waals surface area contributed by atoms with Crippen LogP contribution in [0.4, 0.5) is 35.1 Å². The zero-order valence-corrected chi connectivity index (χ0v) is 21.3. The van der Waals surface area contributed by atoms with Gasteiger partial charge in [-0.2, -0.15) is 30.4 Å². The highest BCUT2D eigenvalue weighted by Gasteiger charge is 2.35. The second-order valence-electron chi connectivity index (χ2n) is 8.88. The number of nitrogens with zero attached hydrogens (tertiary/aromatic N) is 1. The molecule has 0 N–H and O–H groups in total. The highest BCUT2D eigenvalue weighted by molar-refractivity contribution is 7.87. The number of oxazole rings is 1. The van der Waals surface area contributed by atoms with Crippen molar-refractivity contribution in [1.82, 2.24) is 4.98 Å². The van der Waals surface area contributed by atoms with Crippen LogP contribution in [0, 0.1) is 36.0 Å². The number of benzene rings is 3. The summed E-state index contributed by atoms with van der Waals surface area (Å²) in [7, 11) is -5.15. The van der Waals surface area contributed by atoms with E-state index in [1.165, 1.54) is 25.3 Å². The Bertz CT molecular complexity index is 1760. The molecular formula is C26H15F8NO5S. The van der Waals surface area contributed by atoms with E-state index >= 15 is 0 Å². The molecule has 0 fully saturated rings. The molecule has 6 nitrogen and oxygen atoms in total. The Morgan fingerprint density at radius 2 is 1.54 bits per heavy atom. The number of hydrogen-bond donors (Lipinski definition) is 0. The molecule has 0 saturated heterocycles. The Kier molecular flexibility index (Phi) is 6.96. The number of hydrogen-bond acceptors (Lipinski definition) is 6. The average molecular weight is 605 g/mol. The van der Waals surface area contributed by atoms with Gasteiger partial charge < -0.3 is 13.3 Å². The van der Waals surface area contributed by atoms with Gasteiger partial charge in [0.25, 0.3) is 0 Å². The molecule has 15 heteroatoms. The van der Waals surface area contributed by atoms with Crippen LogP contribution in [0.25, 0.3) is 11.3 Å². The van der Waals surface area contributed by atoms with Crippen molar-refractivity contribution in [1.29, 1.82) is 0 Å². The Balaban J connectivity index is 1.55. The van der Waals surface area contributed by atoms with Gasteiger partial charge in [0.2, 0.25) is 34.8 Å². The highest BCUT2D eigenvalue weighted by atomic mass is 32.2. The van der Waals surface area contributed by atoms with Crippen molar-refractivity contribution < 1.29 is 56.9 Å². The third-order valence-electron chi connectivity index (χ3n) is 6.33. The van der Waals surface area contributed by atoms with Gasteiger partial charge in [-0.15, -0.1) is 0 Å². The molecule has 1 aliphatic heterocycles. The van der Waals surface area contributed by atoms with E-state index in [4.69, 9.17) is 9.15 Å². The molecule has 4 aromatic rings. The predicted octanol–water partition coefficient (Wildman–Crippen LogP) is 7.05. The van der Waals surface area contributed by atoms with Gasteiger partial charge in [0.05, 0.1) is 12.2 Å². The van der Waals surface area contributed by atoms with Crippen molar-refractivity contribution in [3.8, 4) is 22.8 Å². The first-order chi connectivity index (χ1) is 19.2. The summed E-state index contributed by atoms with van der Waals surface area (Å²) in [5.41, 5.74) is 0.0422. The maximum Gasteiger partial charge on any atom is 0.416 e. The standard InChI is InChI=1S/C26H15F8NO5S/c1-11-35-18(10-39-11)17-8-12(26(32,33)34)2-4-14(17)15-6-7-38-19-9-13(3-5-16(15)19)41(36,37)40-25-23(30)21(28)20(27)22(29)24(25)31/h2-5,8-10,15H,6-7H2,1H3. The van der Waals surface area contributed by atoms with E-state index < -0.39 is 67.5 Å². The summed E-state index contributed by atoms with van der Waals surface area (Å²) in [4.78, 5) is 3.39. The van der Waals surface area contributed by atoms with E-state index in [2.05, 4.69) is 9.17 Å². The lowest BCUT2D eigenvalue weighted by Gasteiger charge is -2.28. The molecular weight excluding hydrogens is 590 g/mol. The lowest BCUT2D eigenvalue weighted by Crippen LogP contribution is -2.18. The lowest BCUT2D eigenvalue weighted by atomic mass is 9.83. The first kappa shape index (κ1) is 28.4. The zero-order valence-electron chi connectivity index (χ0n) is 20.5. The maximum absolute atomic E-state index is 14.0. The van der Waals surface area contributed by atoms with Gasteiger partial charge in [-0.1, -0.05) is 12.1 Å². The predicted molar refractivity (Wildman–Crippen MR) is 124 cm³/mol. The van der Waals surface area contributed by atoms with E-state index in [1.807, 2.05) is 0 Å². The van der Waals surface area contributed by atoms with Gasteiger partial charge in [-0.25, -0.2) is 18.2 Å². The van der Waals surface area contributed by atoms with Crippen LogP contribution in [0.15, 0.2) is 52.0 Å². The molecule has 0 spiro atoms. The van der Waals surface area contributed by atoms with E-state index in [9.17, 15) is 43.5 Å². The van der Waals surface area contributed by atoms with Crippen molar-refractivity contribution in [2.75, 3.05) is 6.61 Å². The molecule has 0 bridgehead atoms. The highest BCUT2D eigenvalue weighted by Crippen LogP contribution is 2.44. The fourth-order valence-corrected chi connectivity index (χ4v) is 5.36. The van der Waals surface area contributed by atoms with E-state index in [-0.39, 0.29) is 35.9 Å². The summed E-state index contributed by atoms with van der Waals surface area (Å²) in [6.45, 7) is 1.50. The van der Waals surface area contributed by atoms with E-state index in [0.29, 0.717) is 11.1 Å². The van der Waals surface area contributed by atoms with Crippen LogP contribution in [0.3, 0.4) is 0 Å². The summed E-state index contributed by atoms with van der Waals surface area (Å²) >= 11 is 0. The minimum atomic E-state index is -5.15. The van der Waals surface area contributed by atoms with Crippen LogP contribution >= 0.6 is 0 Å². The second-order valence-corrected chi connectivity index (χ2v) is 10.4. The van der Waals surface area contributed by atoms with Crippen molar-refractivity contribution in [3.05, 3.63) is 94.3 Å². The minimum Gasteiger partial charge on any atom is -0.493 e. The first-order valence-corrected chi connectivity index (χ1v) is 13.0. The molecule has 1 aliphatic rings. The van der Waals surface area contributed by atoms with Gasteiger partial charge in [0.1, 0.15) is 22.6 Å². The van der Waals surface area contributed by atoms with Crippen LogP contribution in [0.2, 0.25) is 0 Å². The van der Waals surface area contributed by atoms with E-state index in [1.54, 1.807) is 0 Å². The van der Waals surface area contributed by atoms with Crippen molar-refractivity contribution in [2.24, 2.45) is 0 Å². The summed E-state index contributed by atoms with van der Waals surface area (Å²) in [5, 5.41) is 0. The van der Waals surface area contributed by atoms with Crippen LogP contribution < -0.4 is 8.92 Å². The molecule has 216 valence electrons. The molecule has 1 atom stereocenters. The SMILES string of the molecule is Cc1nc(-c2cc(C(F)(F)F)ccc2C2CCOc3cc(S(=O)(=O)Oc4c(F)c(F)c(F)c(F)c4F)ccc32)co1. The van der Waals surface area contributed by atoms with Crippen LogP contribution in [0.5, 0.6) is 11.5 Å². The summed E-state index contributed by atoms with van der Waals surface area (Å²) in [6, 6.07) is 6.15. The number of fused-ring (bicyclic) bond motifs is 1. The molecule has 0 radical (unpaired) electrons. The summed E-state index contributed by atoms with van der Waals surface area (Å²) in [6.07, 6.45) is -3.20. The second kappa shape index (κ2) is 10.0. The Morgan fingerprint density at radius 3 is 2.15 bits per heavy atom. The smallest absolute Gasteiger partial charge is 0.416 e. The molecule has 1 aromatic heterocycles. The third kappa shape index (κ3) is 5.09. The molecule has 0 aliphatic carbocycles. The van der Waals surface area contributed by atoms with Gasteiger partial charge in [-0.05, 0) is 30.2 Å². The van der Waals surface area contributed by atoms with Gasteiger partial charge in [-0.3, -0.25) is 0 Å². The molecule has 0 saturated carbocycles. The minimum absolute atomic E-state index is 0.0159. The Morgan fingerprint density at radius 1 is 0.902 bits per heavy atom. The zero-order chi connectivity index (χ0) is 29.9. The quantitative estimate of drug-likeness (QED) is 0.105. The fourth-order valence-electron chi connectivity index (χ4n) is 4.41. The number of aryl methyl sites for hydroxylation is 1. The monoisotopic (exact) mass is 605 g/mol.